The highest BCUT2D eigenvalue weighted by Crippen LogP contribution is 2.18. The minimum absolute atomic E-state index is 0.820. The fraction of sp³-hybridized carbons (Fsp3) is 0.143. The van der Waals surface area contributed by atoms with Crippen molar-refractivity contribution < 1.29 is 0 Å². The van der Waals surface area contributed by atoms with Crippen LogP contribution in [0.4, 0.5) is 5.82 Å². The second-order valence-electron chi connectivity index (χ2n) is 5.90. The van der Waals surface area contributed by atoms with Crippen LogP contribution in [0.15, 0.2) is 79.5 Å². The van der Waals surface area contributed by atoms with Gasteiger partial charge in [0.15, 0.2) is 5.65 Å². The van der Waals surface area contributed by atoms with Crippen molar-refractivity contribution >= 4 is 17.0 Å². The molecule has 126 valence electrons. The molecule has 0 unspecified atom stereocenters. The topological polar surface area (TPSA) is 42.2 Å². The minimum Gasteiger partial charge on any atom is -0.368 e. The van der Waals surface area contributed by atoms with Crippen LogP contribution >= 0.6 is 0 Å². The van der Waals surface area contributed by atoms with Crippen molar-refractivity contribution in [1.82, 2.24) is 14.6 Å². The number of hydrogen-bond donors (Lipinski definition) is 1. The molecule has 4 nitrogen and oxygen atoms in total. The van der Waals surface area contributed by atoms with Gasteiger partial charge in [0.1, 0.15) is 5.82 Å². The Balaban J connectivity index is 1.77. The third-order valence-electron chi connectivity index (χ3n) is 3.99. The highest BCUT2D eigenvalue weighted by Gasteiger charge is 2.07. The fourth-order valence-corrected chi connectivity index (χ4v) is 2.63. The van der Waals surface area contributed by atoms with E-state index in [-0.39, 0.29) is 0 Å². The first-order chi connectivity index (χ1) is 12.2. The fourth-order valence-electron chi connectivity index (χ4n) is 2.63. The van der Waals surface area contributed by atoms with E-state index in [0.29, 0.717) is 0 Å². The van der Waals surface area contributed by atoms with Crippen molar-refractivity contribution in [2.75, 3.05) is 11.9 Å². The molecule has 0 saturated carbocycles. The summed E-state index contributed by atoms with van der Waals surface area (Å²) in [5, 5.41) is 8.05. The molecular weight excluding hydrogens is 308 g/mol. The number of benzene rings is 1. The highest BCUT2D eigenvalue weighted by molar-refractivity contribution is 5.66. The Morgan fingerprint density at radius 1 is 1.20 bits per heavy atom. The van der Waals surface area contributed by atoms with Crippen LogP contribution in [0.25, 0.3) is 11.2 Å². The molecule has 0 atom stereocenters. The predicted octanol–water partition coefficient (Wildman–Crippen LogP) is 4.53. The molecule has 0 spiro atoms. The van der Waals surface area contributed by atoms with Crippen molar-refractivity contribution in [2.24, 2.45) is 0 Å². The molecule has 0 saturated heterocycles. The first kappa shape index (κ1) is 16.7. The van der Waals surface area contributed by atoms with Gasteiger partial charge in [-0.1, -0.05) is 55.6 Å². The van der Waals surface area contributed by atoms with Gasteiger partial charge in [0.2, 0.25) is 0 Å². The molecule has 0 aliphatic heterocycles. The van der Waals surface area contributed by atoms with Crippen LogP contribution in [-0.2, 0) is 6.42 Å². The molecule has 0 radical (unpaired) electrons. The maximum absolute atomic E-state index is 4.67. The van der Waals surface area contributed by atoms with Crippen LogP contribution in [0.2, 0.25) is 0 Å². The number of imidazole rings is 1. The Bertz CT molecular complexity index is 919. The second-order valence-corrected chi connectivity index (χ2v) is 5.90. The Hall–Kier alpha value is -3.14. The van der Waals surface area contributed by atoms with Gasteiger partial charge in [-0.3, -0.25) is 0 Å². The first-order valence-corrected chi connectivity index (χ1v) is 8.30. The van der Waals surface area contributed by atoms with Gasteiger partial charge in [-0.15, -0.1) is 5.10 Å². The quantitative estimate of drug-likeness (QED) is 0.647. The number of rotatable bonds is 7. The average molecular weight is 330 g/mol. The van der Waals surface area contributed by atoms with Gasteiger partial charge in [0, 0.05) is 6.54 Å². The maximum Gasteiger partial charge on any atom is 0.154 e. The maximum atomic E-state index is 4.67. The minimum atomic E-state index is 0.820. The lowest BCUT2D eigenvalue weighted by molar-refractivity contribution is 0.904. The number of anilines is 1. The lowest BCUT2D eigenvalue weighted by Gasteiger charge is -2.07. The van der Waals surface area contributed by atoms with Crippen LogP contribution < -0.4 is 5.32 Å². The molecule has 1 N–H and O–H groups in total. The van der Waals surface area contributed by atoms with Gasteiger partial charge in [-0.2, -0.15) is 0 Å². The van der Waals surface area contributed by atoms with Gasteiger partial charge in [0.25, 0.3) is 0 Å². The zero-order valence-corrected chi connectivity index (χ0v) is 14.4. The van der Waals surface area contributed by atoms with Gasteiger partial charge in [-0.25, -0.2) is 9.50 Å². The molecule has 0 amide bonds. The summed E-state index contributed by atoms with van der Waals surface area (Å²) in [7, 11) is 0. The molecule has 0 fully saturated rings. The molecule has 25 heavy (non-hydrogen) atoms. The standard InChI is InChI=1S/C21H22N4/c1-4-16(2)14-17(3)19-15-23-21-11-10-20(24-25(19)21)22-13-12-18-8-6-5-7-9-18/h4-11,14-15H,1-2,12-13H2,3H3,(H,22,24)/b17-14+. The van der Waals surface area contributed by atoms with E-state index in [9.17, 15) is 0 Å². The Labute approximate surface area is 148 Å². The van der Waals surface area contributed by atoms with Crippen LogP contribution in [0, 0.1) is 0 Å². The van der Waals surface area contributed by atoms with Crippen LogP contribution in [0.3, 0.4) is 0 Å². The molecule has 0 aliphatic carbocycles. The summed E-state index contributed by atoms with van der Waals surface area (Å²) in [6.45, 7) is 10.5. The summed E-state index contributed by atoms with van der Waals surface area (Å²) < 4.78 is 1.85. The number of nitrogens with one attached hydrogen (secondary N) is 1. The Morgan fingerprint density at radius 2 is 2.00 bits per heavy atom. The van der Waals surface area contributed by atoms with E-state index >= 15 is 0 Å². The lowest BCUT2D eigenvalue weighted by Crippen LogP contribution is -2.08. The third-order valence-corrected chi connectivity index (χ3v) is 3.99. The third kappa shape index (κ3) is 4.04. The highest BCUT2D eigenvalue weighted by atomic mass is 15.3. The second kappa shape index (κ2) is 7.62. The molecule has 3 rings (SSSR count). The molecule has 0 aliphatic rings. The van der Waals surface area contributed by atoms with Crippen molar-refractivity contribution in [1.29, 1.82) is 0 Å². The van der Waals surface area contributed by atoms with E-state index in [0.717, 1.165) is 41.3 Å². The van der Waals surface area contributed by atoms with Crippen LogP contribution in [0.5, 0.6) is 0 Å². The van der Waals surface area contributed by atoms with Crippen molar-refractivity contribution in [3.05, 3.63) is 90.8 Å². The summed E-state index contributed by atoms with van der Waals surface area (Å²) in [6, 6.07) is 14.3. The van der Waals surface area contributed by atoms with Crippen LogP contribution in [0.1, 0.15) is 18.2 Å². The van der Waals surface area contributed by atoms with Gasteiger partial charge in [0.05, 0.1) is 11.9 Å². The Morgan fingerprint density at radius 3 is 2.76 bits per heavy atom. The van der Waals surface area contributed by atoms with Gasteiger partial charge < -0.3 is 5.32 Å². The van der Waals surface area contributed by atoms with Crippen molar-refractivity contribution in [3.8, 4) is 0 Å². The van der Waals surface area contributed by atoms with Gasteiger partial charge in [-0.05, 0) is 42.2 Å². The molecule has 4 heteroatoms. The average Bonchev–Trinajstić information content (AvgIpc) is 3.06. The van der Waals surface area contributed by atoms with E-state index < -0.39 is 0 Å². The normalized spacial score (nSPS) is 11.5. The molecular formula is C21H22N4. The molecule has 2 aromatic heterocycles. The zero-order chi connectivity index (χ0) is 17.6. The Kier molecular flexibility index (Phi) is 5.09. The van der Waals surface area contributed by atoms with E-state index in [1.807, 2.05) is 41.9 Å². The molecule has 0 bridgehead atoms. The smallest absolute Gasteiger partial charge is 0.154 e. The molecule has 3 aromatic rings. The summed E-state index contributed by atoms with van der Waals surface area (Å²) >= 11 is 0. The monoisotopic (exact) mass is 330 g/mol. The number of allylic oxidation sites excluding steroid dienone is 4. The number of aromatic nitrogens is 3. The molecule has 1 aromatic carbocycles. The van der Waals surface area contributed by atoms with E-state index in [2.05, 4.69) is 52.8 Å². The molecule has 2 heterocycles. The predicted molar refractivity (Wildman–Crippen MR) is 105 cm³/mol. The van der Waals surface area contributed by atoms with Crippen molar-refractivity contribution in [2.45, 2.75) is 13.3 Å². The van der Waals surface area contributed by atoms with E-state index in [1.165, 1.54) is 5.56 Å². The summed E-state index contributed by atoms with van der Waals surface area (Å²) in [4.78, 5) is 4.42. The number of nitrogens with zero attached hydrogens (tertiary/aromatic N) is 3. The van der Waals surface area contributed by atoms with Gasteiger partial charge >= 0.3 is 0 Å². The van der Waals surface area contributed by atoms with Crippen LogP contribution in [-0.4, -0.2) is 21.1 Å². The number of fused-ring (bicyclic) bond motifs is 1. The first-order valence-electron chi connectivity index (χ1n) is 8.30. The van der Waals surface area contributed by atoms with E-state index in [1.54, 1.807) is 6.08 Å². The van der Waals surface area contributed by atoms with E-state index in [4.69, 9.17) is 0 Å². The largest absolute Gasteiger partial charge is 0.368 e. The summed E-state index contributed by atoms with van der Waals surface area (Å²) in [5.74, 6) is 0.832. The number of hydrogen-bond acceptors (Lipinski definition) is 3. The summed E-state index contributed by atoms with van der Waals surface area (Å²) in [5.41, 5.74) is 4.99. The SMILES string of the molecule is C=CC(=C)/C=C(\C)c1cnc2ccc(NCCc3ccccc3)nn12. The lowest BCUT2D eigenvalue weighted by atomic mass is 10.1. The van der Waals surface area contributed by atoms with Crippen molar-refractivity contribution in [3.63, 3.8) is 0 Å². The zero-order valence-electron chi connectivity index (χ0n) is 14.4. The summed E-state index contributed by atoms with van der Waals surface area (Å²) in [6.07, 6.45) is 6.50.